The molecule has 0 radical (unpaired) electrons. The second-order valence-electron chi connectivity index (χ2n) is 6.93. The zero-order valence-electron chi connectivity index (χ0n) is 14.2. The first kappa shape index (κ1) is 18.9. The number of piperidine rings is 1. The zero-order chi connectivity index (χ0) is 18.2. The van der Waals surface area contributed by atoms with Gasteiger partial charge in [-0.05, 0) is 45.1 Å². The molecule has 0 saturated carbocycles. The molecular weight excluding hydrogens is 401 g/mol. The second-order valence-corrected chi connectivity index (χ2v) is 9.33. The van der Waals surface area contributed by atoms with E-state index in [9.17, 15) is 4.79 Å². The van der Waals surface area contributed by atoms with Crippen LogP contribution in [0.1, 0.15) is 44.5 Å². The maximum atomic E-state index is 12.1. The van der Waals surface area contributed by atoms with Gasteiger partial charge < -0.3 is 9.64 Å². The molecule has 3 heterocycles. The Labute approximate surface area is 165 Å². The van der Waals surface area contributed by atoms with Gasteiger partial charge in [-0.3, -0.25) is 0 Å². The van der Waals surface area contributed by atoms with Crippen LogP contribution in [0.3, 0.4) is 0 Å². The molecule has 0 bridgehead atoms. The number of carbonyl (C=O) groups excluding carboxylic acids is 1. The van der Waals surface area contributed by atoms with Gasteiger partial charge in [0.1, 0.15) is 5.60 Å². The van der Waals surface area contributed by atoms with Gasteiger partial charge in [0, 0.05) is 24.4 Å². The fourth-order valence-corrected chi connectivity index (χ4v) is 4.87. The van der Waals surface area contributed by atoms with E-state index in [0.717, 1.165) is 28.4 Å². The molecule has 0 aliphatic carbocycles. The predicted molar refractivity (Wildman–Crippen MR) is 103 cm³/mol. The van der Waals surface area contributed by atoms with Crippen molar-refractivity contribution in [1.82, 2.24) is 14.3 Å². The van der Waals surface area contributed by atoms with E-state index >= 15 is 0 Å². The molecule has 1 fully saturated rings. The number of likely N-dealkylation sites (tertiary alicyclic amines) is 1. The molecule has 2 aromatic rings. The number of carbonyl (C=O) groups is 1. The molecule has 136 valence electrons. The van der Waals surface area contributed by atoms with E-state index in [1.807, 2.05) is 26.2 Å². The van der Waals surface area contributed by atoms with Crippen LogP contribution in [0.5, 0.6) is 0 Å². The van der Waals surface area contributed by atoms with E-state index in [1.54, 1.807) is 16.2 Å². The first-order chi connectivity index (χ1) is 11.7. The monoisotopic (exact) mass is 419 g/mol. The average Bonchev–Trinajstić information content (AvgIpc) is 3.14. The van der Waals surface area contributed by atoms with Gasteiger partial charge in [-0.25, -0.2) is 9.78 Å². The molecule has 1 saturated heterocycles. The summed E-state index contributed by atoms with van der Waals surface area (Å²) in [6, 6.07) is 0. The lowest BCUT2D eigenvalue weighted by Gasteiger charge is -2.32. The number of halogens is 2. The van der Waals surface area contributed by atoms with E-state index in [0.29, 0.717) is 29.2 Å². The summed E-state index contributed by atoms with van der Waals surface area (Å²) in [6.45, 7) is 7.01. The van der Waals surface area contributed by atoms with E-state index < -0.39 is 5.60 Å². The Bertz CT molecular complexity index is 762. The van der Waals surface area contributed by atoms with Crippen molar-refractivity contribution in [2.45, 2.75) is 45.1 Å². The van der Waals surface area contributed by atoms with Gasteiger partial charge in [-0.2, -0.15) is 4.37 Å². The molecule has 9 heteroatoms. The molecule has 2 aromatic heterocycles. The molecule has 5 nitrogen and oxygen atoms in total. The lowest BCUT2D eigenvalue weighted by molar-refractivity contribution is 0.0205. The van der Waals surface area contributed by atoms with Crippen LogP contribution >= 0.6 is 46.1 Å². The van der Waals surface area contributed by atoms with Crippen molar-refractivity contribution in [2.75, 3.05) is 13.1 Å². The molecule has 0 atom stereocenters. The number of aromatic nitrogens is 2. The maximum Gasteiger partial charge on any atom is 0.410 e. The summed E-state index contributed by atoms with van der Waals surface area (Å²) in [7, 11) is 0. The summed E-state index contributed by atoms with van der Waals surface area (Å²) in [5.41, 5.74) is 0.358. The molecule has 0 aromatic carbocycles. The van der Waals surface area contributed by atoms with Crippen LogP contribution in [0.25, 0.3) is 10.6 Å². The van der Waals surface area contributed by atoms with Gasteiger partial charge in [0.25, 0.3) is 0 Å². The summed E-state index contributed by atoms with van der Waals surface area (Å²) >= 11 is 15.0. The van der Waals surface area contributed by atoms with Gasteiger partial charge in [0.05, 0.1) is 20.6 Å². The highest BCUT2D eigenvalue weighted by Crippen LogP contribution is 2.39. The second kappa shape index (κ2) is 7.39. The quantitative estimate of drug-likeness (QED) is 0.627. The third kappa shape index (κ3) is 4.45. The minimum atomic E-state index is -0.465. The minimum absolute atomic E-state index is 0.239. The van der Waals surface area contributed by atoms with Crippen molar-refractivity contribution in [3.8, 4) is 10.6 Å². The number of thiazole rings is 1. The number of amides is 1. The Morgan fingerprint density at radius 2 is 2.00 bits per heavy atom. The van der Waals surface area contributed by atoms with E-state index in [4.69, 9.17) is 32.9 Å². The van der Waals surface area contributed by atoms with Crippen LogP contribution in [-0.2, 0) is 4.74 Å². The fourth-order valence-electron chi connectivity index (χ4n) is 2.63. The Morgan fingerprint density at radius 3 is 2.56 bits per heavy atom. The van der Waals surface area contributed by atoms with Crippen LogP contribution < -0.4 is 0 Å². The lowest BCUT2D eigenvalue weighted by atomic mass is 9.98. The van der Waals surface area contributed by atoms with Crippen LogP contribution in [0, 0.1) is 0 Å². The summed E-state index contributed by atoms with van der Waals surface area (Å²) in [5, 5.41) is 3.84. The summed E-state index contributed by atoms with van der Waals surface area (Å²) in [5.74, 6) is 0.347. The van der Waals surface area contributed by atoms with Crippen molar-refractivity contribution in [3.63, 3.8) is 0 Å². The highest BCUT2D eigenvalue weighted by molar-refractivity contribution is 7.12. The highest BCUT2D eigenvalue weighted by Gasteiger charge is 2.29. The smallest absolute Gasteiger partial charge is 0.410 e. The van der Waals surface area contributed by atoms with Gasteiger partial charge in [0.15, 0.2) is 5.15 Å². The van der Waals surface area contributed by atoms with Crippen molar-refractivity contribution >= 4 is 52.2 Å². The standard InChI is InChI=1S/C16H19Cl2N3O2S2/c1-16(2,3)23-15(22)21-6-4-9(5-7-21)14-19-10(8-24-14)12-11(17)13(18)20-25-12/h8-9H,4-7H2,1-3H3. The number of hydrogen-bond donors (Lipinski definition) is 0. The Kier molecular flexibility index (Phi) is 5.58. The summed E-state index contributed by atoms with van der Waals surface area (Å²) < 4.78 is 9.49. The predicted octanol–water partition coefficient (Wildman–Crippen LogP) is 5.69. The summed E-state index contributed by atoms with van der Waals surface area (Å²) in [6.07, 6.45) is 1.52. The molecule has 0 unspecified atom stereocenters. The van der Waals surface area contributed by atoms with Crippen LogP contribution in [-0.4, -0.2) is 39.0 Å². The lowest BCUT2D eigenvalue weighted by Crippen LogP contribution is -2.41. The molecule has 1 aliphatic rings. The number of nitrogens with zero attached hydrogens (tertiary/aromatic N) is 3. The van der Waals surface area contributed by atoms with Crippen molar-refractivity contribution in [2.24, 2.45) is 0 Å². The molecular formula is C16H19Cl2N3O2S2. The van der Waals surface area contributed by atoms with Crippen LogP contribution in [0.15, 0.2) is 5.38 Å². The Balaban J connectivity index is 1.62. The topological polar surface area (TPSA) is 55.3 Å². The molecule has 0 spiro atoms. The average molecular weight is 420 g/mol. The van der Waals surface area contributed by atoms with Gasteiger partial charge >= 0.3 is 6.09 Å². The maximum absolute atomic E-state index is 12.1. The first-order valence-corrected chi connectivity index (χ1v) is 10.4. The number of ether oxygens (including phenoxy) is 1. The van der Waals surface area contributed by atoms with E-state index in [1.165, 1.54) is 11.5 Å². The molecule has 3 rings (SSSR count). The molecule has 0 N–H and O–H groups in total. The Hall–Kier alpha value is -0.890. The van der Waals surface area contributed by atoms with Crippen molar-refractivity contribution in [1.29, 1.82) is 0 Å². The molecule has 1 amide bonds. The van der Waals surface area contributed by atoms with Crippen LogP contribution in [0.4, 0.5) is 4.79 Å². The van der Waals surface area contributed by atoms with E-state index in [-0.39, 0.29) is 6.09 Å². The zero-order valence-corrected chi connectivity index (χ0v) is 17.4. The molecule has 1 aliphatic heterocycles. The Morgan fingerprint density at radius 1 is 1.32 bits per heavy atom. The third-order valence-corrected chi connectivity index (χ3v) is 6.68. The van der Waals surface area contributed by atoms with Gasteiger partial charge in [0.2, 0.25) is 0 Å². The normalized spacial score (nSPS) is 16.3. The molecule has 25 heavy (non-hydrogen) atoms. The third-order valence-electron chi connectivity index (χ3n) is 3.85. The van der Waals surface area contributed by atoms with Crippen molar-refractivity contribution in [3.05, 3.63) is 20.6 Å². The van der Waals surface area contributed by atoms with Gasteiger partial charge in [-0.1, -0.05) is 23.2 Å². The van der Waals surface area contributed by atoms with Crippen LogP contribution in [0.2, 0.25) is 10.2 Å². The number of hydrogen-bond acceptors (Lipinski definition) is 6. The van der Waals surface area contributed by atoms with Gasteiger partial charge in [-0.15, -0.1) is 11.3 Å². The summed E-state index contributed by atoms with van der Waals surface area (Å²) in [4.78, 5) is 19.4. The number of rotatable bonds is 2. The fraction of sp³-hybridized carbons (Fsp3) is 0.562. The van der Waals surface area contributed by atoms with Crippen molar-refractivity contribution < 1.29 is 9.53 Å². The largest absolute Gasteiger partial charge is 0.444 e. The minimum Gasteiger partial charge on any atom is -0.444 e. The first-order valence-electron chi connectivity index (χ1n) is 7.99. The highest BCUT2D eigenvalue weighted by atomic mass is 35.5. The van der Waals surface area contributed by atoms with E-state index in [2.05, 4.69) is 4.37 Å². The SMILES string of the molecule is CC(C)(C)OC(=O)N1CCC(c2nc(-c3snc(Cl)c3Cl)cs2)CC1.